The quantitative estimate of drug-likeness (QED) is 0.368. The average Bonchev–Trinajstić information content (AvgIpc) is 3.29. The molecule has 7 nitrogen and oxygen atoms in total. The van der Waals surface area contributed by atoms with E-state index in [9.17, 15) is 8.78 Å². The molecule has 0 fully saturated rings. The molecule has 2 aromatic carbocycles. The largest absolute Gasteiger partial charge is 0.497 e. The first kappa shape index (κ1) is 23.1. The van der Waals surface area contributed by atoms with E-state index in [2.05, 4.69) is 31.5 Å². The lowest BCUT2D eigenvalue weighted by atomic mass is 10.1. The summed E-state index contributed by atoms with van der Waals surface area (Å²) < 4.78 is 37.2. The average molecular weight is 443 g/mol. The second kappa shape index (κ2) is 11.7. The molecule has 0 bridgehead atoms. The van der Waals surface area contributed by atoms with Crippen LogP contribution in [0.25, 0.3) is 0 Å². The Hall–Kier alpha value is -3.62. The molecule has 0 spiro atoms. The van der Waals surface area contributed by atoms with E-state index in [-0.39, 0.29) is 12.3 Å². The number of benzene rings is 2. The number of halogens is 2. The summed E-state index contributed by atoms with van der Waals surface area (Å²) in [6.45, 7) is 1.09. The summed E-state index contributed by atoms with van der Waals surface area (Å²) in [6, 6.07) is 14.7. The minimum Gasteiger partial charge on any atom is -0.497 e. The number of alkyl halides is 2. The van der Waals surface area contributed by atoms with Gasteiger partial charge in [0.2, 0.25) is 0 Å². The Kier molecular flexibility index (Phi) is 8.42. The Morgan fingerprint density at radius 1 is 1.12 bits per heavy atom. The van der Waals surface area contributed by atoms with Crippen LogP contribution in [0.15, 0.2) is 65.9 Å². The van der Waals surface area contributed by atoms with Gasteiger partial charge in [0.25, 0.3) is 0 Å². The van der Waals surface area contributed by atoms with Gasteiger partial charge in [-0.15, -0.1) is 0 Å². The van der Waals surface area contributed by atoms with Crippen LogP contribution in [-0.2, 0) is 19.6 Å². The molecule has 0 unspecified atom stereocenters. The molecule has 0 amide bonds. The highest BCUT2D eigenvalue weighted by Crippen LogP contribution is 2.25. The number of nitrogens with zero attached hydrogens (tertiary/aromatic N) is 3. The zero-order chi connectivity index (χ0) is 22.8. The lowest BCUT2D eigenvalue weighted by Gasteiger charge is -2.15. The molecule has 1 aromatic heterocycles. The fourth-order valence-corrected chi connectivity index (χ4v) is 3.13. The van der Waals surface area contributed by atoms with Gasteiger partial charge in [0.15, 0.2) is 5.96 Å². The highest BCUT2D eigenvalue weighted by atomic mass is 19.3. The third-order valence-corrected chi connectivity index (χ3v) is 4.59. The standard InChI is InChI=1S/C23H27F2N5O2/c1-3-26-23(28-15-19-13-20(31-2)8-9-21(19)32-22(24)25)27-14-17-6-4-7-18(12-17)16-30-11-5-10-29-30/h4-13,22H,3,14-16H2,1-2H3,(H2,26,27,28). The number of aliphatic imine (C=N–C) groups is 1. The van der Waals surface area contributed by atoms with Gasteiger partial charge < -0.3 is 20.1 Å². The molecule has 0 aliphatic heterocycles. The van der Waals surface area contributed by atoms with E-state index in [1.165, 1.54) is 13.2 Å². The van der Waals surface area contributed by atoms with Gasteiger partial charge in [-0.05, 0) is 42.3 Å². The van der Waals surface area contributed by atoms with E-state index in [0.29, 0.717) is 36.9 Å². The van der Waals surface area contributed by atoms with Gasteiger partial charge in [-0.1, -0.05) is 24.3 Å². The molecule has 170 valence electrons. The van der Waals surface area contributed by atoms with Crippen LogP contribution in [0, 0.1) is 0 Å². The normalized spacial score (nSPS) is 11.5. The fraction of sp³-hybridized carbons (Fsp3) is 0.304. The van der Waals surface area contributed by atoms with Crippen molar-refractivity contribution >= 4 is 5.96 Å². The summed E-state index contributed by atoms with van der Waals surface area (Å²) in [5.74, 6) is 1.21. The van der Waals surface area contributed by atoms with Crippen LogP contribution >= 0.6 is 0 Å². The van der Waals surface area contributed by atoms with E-state index >= 15 is 0 Å². The Morgan fingerprint density at radius 3 is 2.69 bits per heavy atom. The van der Waals surface area contributed by atoms with Crippen molar-refractivity contribution in [1.29, 1.82) is 0 Å². The zero-order valence-corrected chi connectivity index (χ0v) is 18.1. The van der Waals surface area contributed by atoms with E-state index in [0.717, 1.165) is 11.1 Å². The summed E-state index contributed by atoms with van der Waals surface area (Å²) in [5.41, 5.74) is 2.72. The number of guanidine groups is 1. The van der Waals surface area contributed by atoms with Gasteiger partial charge in [0.1, 0.15) is 11.5 Å². The van der Waals surface area contributed by atoms with Crippen LogP contribution in [0.1, 0.15) is 23.6 Å². The third kappa shape index (κ3) is 6.97. The topological polar surface area (TPSA) is 72.7 Å². The lowest BCUT2D eigenvalue weighted by Crippen LogP contribution is -2.36. The molecular formula is C23H27F2N5O2. The van der Waals surface area contributed by atoms with Crippen LogP contribution < -0.4 is 20.1 Å². The van der Waals surface area contributed by atoms with Crippen molar-refractivity contribution in [2.45, 2.75) is 33.2 Å². The third-order valence-electron chi connectivity index (χ3n) is 4.59. The molecule has 9 heteroatoms. The smallest absolute Gasteiger partial charge is 0.387 e. The van der Waals surface area contributed by atoms with Crippen molar-refractivity contribution in [1.82, 2.24) is 20.4 Å². The highest BCUT2D eigenvalue weighted by molar-refractivity contribution is 5.79. The zero-order valence-electron chi connectivity index (χ0n) is 18.1. The maximum absolute atomic E-state index is 12.7. The number of ether oxygens (including phenoxy) is 2. The van der Waals surface area contributed by atoms with Gasteiger partial charge in [-0.2, -0.15) is 13.9 Å². The summed E-state index contributed by atoms with van der Waals surface area (Å²) >= 11 is 0. The maximum atomic E-state index is 12.7. The number of aromatic nitrogens is 2. The van der Waals surface area contributed by atoms with Gasteiger partial charge in [0, 0.05) is 31.0 Å². The Bertz CT molecular complexity index is 1010. The van der Waals surface area contributed by atoms with Crippen molar-refractivity contribution in [3.05, 3.63) is 77.6 Å². The molecule has 1 heterocycles. The lowest BCUT2D eigenvalue weighted by molar-refractivity contribution is -0.0504. The molecule has 0 aliphatic rings. The first-order valence-corrected chi connectivity index (χ1v) is 10.3. The molecule has 0 saturated carbocycles. The predicted molar refractivity (Wildman–Crippen MR) is 119 cm³/mol. The first-order chi connectivity index (χ1) is 15.6. The van der Waals surface area contributed by atoms with Gasteiger partial charge in [-0.3, -0.25) is 4.68 Å². The molecule has 3 rings (SSSR count). The van der Waals surface area contributed by atoms with Crippen LogP contribution in [0.3, 0.4) is 0 Å². The second-order valence-corrected chi connectivity index (χ2v) is 6.92. The number of hydrogen-bond donors (Lipinski definition) is 2. The second-order valence-electron chi connectivity index (χ2n) is 6.92. The van der Waals surface area contributed by atoms with Gasteiger partial charge >= 0.3 is 6.61 Å². The van der Waals surface area contributed by atoms with Gasteiger partial charge in [0.05, 0.1) is 20.2 Å². The summed E-state index contributed by atoms with van der Waals surface area (Å²) in [7, 11) is 1.52. The van der Waals surface area contributed by atoms with Crippen molar-refractivity contribution in [2.24, 2.45) is 4.99 Å². The van der Waals surface area contributed by atoms with Crippen LogP contribution in [0.4, 0.5) is 8.78 Å². The van der Waals surface area contributed by atoms with Crippen LogP contribution in [0.2, 0.25) is 0 Å². The number of nitrogens with one attached hydrogen (secondary N) is 2. The van der Waals surface area contributed by atoms with Crippen LogP contribution in [0.5, 0.6) is 11.5 Å². The van der Waals surface area contributed by atoms with Crippen molar-refractivity contribution in [3.63, 3.8) is 0 Å². The first-order valence-electron chi connectivity index (χ1n) is 10.3. The maximum Gasteiger partial charge on any atom is 0.387 e. The number of rotatable bonds is 10. The molecule has 0 aliphatic carbocycles. The molecule has 0 saturated heterocycles. The number of methoxy groups -OCH3 is 1. The summed E-state index contributed by atoms with van der Waals surface area (Å²) in [5, 5.41) is 10.6. The van der Waals surface area contributed by atoms with Crippen molar-refractivity contribution in [3.8, 4) is 11.5 Å². The minimum absolute atomic E-state index is 0.0930. The monoisotopic (exact) mass is 443 g/mol. The van der Waals surface area contributed by atoms with Crippen molar-refractivity contribution in [2.75, 3.05) is 13.7 Å². The van der Waals surface area contributed by atoms with Gasteiger partial charge in [-0.25, -0.2) is 4.99 Å². The molecule has 32 heavy (non-hydrogen) atoms. The SMILES string of the molecule is CCNC(=NCc1cccc(Cn2cccn2)c1)NCc1cc(OC)ccc1OC(F)F. The summed E-state index contributed by atoms with van der Waals surface area (Å²) in [4.78, 5) is 4.62. The molecule has 0 radical (unpaired) electrons. The fourth-order valence-electron chi connectivity index (χ4n) is 3.13. The number of hydrogen-bond acceptors (Lipinski definition) is 4. The Morgan fingerprint density at radius 2 is 1.97 bits per heavy atom. The molecule has 2 N–H and O–H groups in total. The minimum atomic E-state index is -2.90. The van der Waals surface area contributed by atoms with E-state index in [1.54, 1.807) is 18.3 Å². The molecule has 0 atom stereocenters. The highest BCUT2D eigenvalue weighted by Gasteiger charge is 2.11. The van der Waals surface area contributed by atoms with Crippen LogP contribution in [-0.4, -0.2) is 36.0 Å². The molecule has 3 aromatic rings. The Balaban J connectivity index is 1.68. The summed E-state index contributed by atoms with van der Waals surface area (Å²) in [6.07, 6.45) is 3.67. The Labute approximate surface area is 186 Å². The van der Waals surface area contributed by atoms with E-state index < -0.39 is 6.61 Å². The van der Waals surface area contributed by atoms with Crippen molar-refractivity contribution < 1.29 is 18.3 Å². The predicted octanol–water partition coefficient (Wildman–Crippen LogP) is 3.80. The molecular weight excluding hydrogens is 416 g/mol. The van der Waals surface area contributed by atoms with E-state index in [1.807, 2.05) is 42.1 Å². The van der Waals surface area contributed by atoms with E-state index in [4.69, 9.17) is 4.74 Å².